The van der Waals surface area contributed by atoms with Crippen LogP contribution in [0, 0.1) is 12.7 Å². The summed E-state index contributed by atoms with van der Waals surface area (Å²) < 4.78 is 36.4. The second-order valence-electron chi connectivity index (χ2n) is 4.73. The fraction of sp³-hybridized carbons (Fsp3) is 0.417. The molecule has 0 saturated heterocycles. The number of halogens is 1. The number of sulfonamides is 1. The summed E-state index contributed by atoms with van der Waals surface area (Å²) in [6, 6.07) is 2.23. The van der Waals surface area contributed by atoms with Crippen molar-refractivity contribution >= 4 is 15.9 Å². The lowest BCUT2D eigenvalue weighted by atomic mass is 9.93. The summed E-state index contributed by atoms with van der Waals surface area (Å²) in [4.78, 5) is 11.5. The molecule has 0 heterocycles. The lowest BCUT2D eigenvalue weighted by Gasteiger charge is -2.26. The SMILES string of the molecule is Cc1c(F)cc(C(=O)NC2CCC2)cc1S(N)(=O)=O. The number of benzene rings is 1. The highest BCUT2D eigenvalue weighted by atomic mass is 32.2. The molecule has 1 aromatic carbocycles. The van der Waals surface area contributed by atoms with Crippen molar-refractivity contribution in [2.24, 2.45) is 5.14 Å². The Bertz CT molecular complexity index is 624. The zero-order chi connectivity index (χ0) is 14.2. The topological polar surface area (TPSA) is 89.3 Å². The van der Waals surface area contributed by atoms with Gasteiger partial charge in [-0.25, -0.2) is 17.9 Å². The van der Waals surface area contributed by atoms with Gasteiger partial charge >= 0.3 is 0 Å². The van der Waals surface area contributed by atoms with E-state index in [0.29, 0.717) is 0 Å². The van der Waals surface area contributed by atoms with Crippen LogP contribution in [0.5, 0.6) is 0 Å². The average Bonchev–Trinajstić information content (AvgIpc) is 2.25. The maximum Gasteiger partial charge on any atom is 0.251 e. The monoisotopic (exact) mass is 286 g/mol. The second-order valence-corrected chi connectivity index (χ2v) is 6.26. The van der Waals surface area contributed by atoms with Crippen LogP contribution in [-0.2, 0) is 10.0 Å². The van der Waals surface area contributed by atoms with Gasteiger partial charge in [0.1, 0.15) is 5.82 Å². The van der Waals surface area contributed by atoms with E-state index in [2.05, 4.69) is 5.32 Å². The molecule has 0 bridgehead atoms. The first-order valence-electron chi connectivity index (χ1n) is 5.93. The maximum absolute atomic E-state index is 13.7. The van der Waals surface area contributed by atoms with Crippen LogP contribution in [0.4, 0.5) is 4.39 Å². The second kappa shape index (κ2) is 4.90. The Morgan fingerprint density at radius 2 is 2.05 bits per heavy atom. The first kappa shape index (κ1) is 14.0. The molecule has 0 unspecified atom stereocenters. The molecule has 1 saturated carbocycles. The van der Waals surface area contributed by atoms with Gasteiger partial charge in [0, 0.05) is 17.2 Å². The van der Waals surface area contributed by atoms with E-state index in [-0.39, 0.29) is 22.1 Å². The van der Waals surface area contributed by atoms with E-state index in [1.807, 2.05) is 0 Å². The minimum atomic E-state index is -4.05. The van der Waals surface area contributed by atoms with E-state index in [4.69, 9.17) is 5.14 Å². The number of hydrogen-bond donors (Lipinski definition) is 2. The molecule has 1 amide bonds. The Morgan fingerprint density at radius 1 is 1.42 bits per heavy atom. The first-order chi connectivity index (χ1) is 8.79. The third-order valence-corrected chi connectivity index (χ3v) is 4.34. The van der Waals surface area contributed by atoms with Crippen molar-refractivity contribution < 1.29 is 17.6 Å². The molecule has 0 atom stereocenters. The van der Waals surface area contributed by atoms with Crippen LogP contribution in [-0.4, -0.2) is 20.4 Å². The summed E-state index contributed by atoms with van der Waals surface area (Å²) in [5.74, 6) is -1.24. The normalized spacial score (nSPS) is 15.9. The van der Waals surface area contributed by atoms with E-state index in [1.165, 1.54) is 6.92 Å². The molecule has 2 rings (SSSR count). The third kappa shape index (κ3) is 2.93. The lowest BCUT2D eigenvalue weighted by molar-refractivity contribution is 0.0916. The standard InChI is InChI=1S/C12H15FN2O3S/c1-7-10(13)5-8(6-11(7)19(14,17)18)12(16)15-9-3-2-4-9/h5-6,9H,2-4H2,1H3,(H,15,16)(H2,14,17,18). The Balaban J connectivity index is 2.36. The van der Waals surface area contributed by atoms with Crippen molar-refractivity contribution in [1.29, 1.82) is 0 Å². The predicted octanol–water partition coefficient (Wildman–Crippen LogP) is 1.06. The summed E-state index contributed by atoms with van der Waals surface area (Å²) in [6.07, 6.45) is 2.83. The van der Waals surface area contributed by atoms with Crippen LogP contribution in [0.3, 0.4) is 0 Å². The third-order valence-electron chi connectivity index (χ3n) is 3.31. The fourth-order valence-corrected chi connectivity index (χ4v) is 2.72. The summed E-state index contributed by atoms with van der Waals surface area (Å²) in [5, 5.41) is 7.72. The van der Waals surface area contributed by atoms with Gasteiger partial charge in [0.2, 0.25) is 10.0 Å². The quantitative estimate of drug-likeness (QED) is 0.870. The number of hydrogen-bond acceptors (Lipinski definition) is 3. The largest absolute Gasteiger partial charge is 0.349 e. The van der Waals surface area contributed by atoms with Crippen molar-refractivity contribution in [2.75, 3.05) is 0 Å². The van der Waals surface area contributed by atoms with Gasteiger partial charge in [-0.3, -0.25) is 4.79 Å². The Morgan fingerprint density at radius 3 is 2.53 bits per heavy atom. The van der Waals surface area contributed by atoms with Crippen LogP contribution >= 0.6 is 0 Å². The number of nitrogens with two attached hydrogens (primary N) is 1. The van der Waals surface area contributed by atoms with Gasteiger partial charge in [-0.05, 0) is 38.3 Å². The molecule has 104 valence electrons. The summed E-state index contributed by atoms with van der Waals surface area (Å²) in [6.45, 7) is 1.31. The Kier molecular flexibility index (Phi) is 3.60. The van der Waals surface area contributed by atoms with E-state index in [0.717, 1.165) is 31.4 Å². The highest BCUT2D eigenvalue weighted by Gasteiger charge is 2.23. The van der Waals surface area contributed by atoms with Crippen LogP contribution in [0.1, 0.15) is 35.2 Å². The summed E-state index contributed by atoms with van der Waals surface area (Å²) in [5.41, 5.74) is -0.110. The molecule has 7 heteroatoms. The number of amides is 1. The molecule has 0 aliphatic heterocycles. The summed E-state index contributed by atoms with van der Waals surface area (Å²) >= 11 is 0. The van der Waals surface area contributed by atoms with Crippen molar-refractivity contribution in [3.05, 3.63) is 29.1 Å². The van der Waals surface area contributed by atoms with E-state index >= 15 is 0 Å². The zero-order valence-corrected chi connectivity index (χ0v) is 11.3. The van der Waals surface area contributed by atoms with Gasteiger partial charge in [0.15, 0.2) is 0 Å². The van der Waals surface area contributed by atoms with Gasteiger partial charge in [-0.1, -0.05) is 0 Å². The van der Waals surface area contributed by atoms with Gasteiger partial charge in [0.25, 0.3) is 5.91 Å². The van der Waals surface area contributed by atoms with Crippen molar-refractivity contribution in [3.8, 4) is 0 Å². The minimum Gasteiger partial charge on any atom is -0.349 e. The average molecular weight is 286 g/mol. The van der Waals surface area contributed by atoms with Crippen molar-refractivity contribution in [2.45, 2.75) is 37.1 Å². The minimum absolute atomic E-state index is 0.0287. The smallest absolute Gasteiger partial charge is 0.251 e. The van der Waals surface area contributed by atoms with Crippen LogP contribution < -0.4 is 10.5 Å². The predicted molar refractivity (Wildman–Crippen MR) is 67.6 cm³/mol. The number of nitrogens with one attached hydrogen (secondary N) is 1. The molecule has 3 N–H and O–H groups in total. The highest BCUT2D eigenvalue weighted by molar-refractivity contribution is 7.89. The van der Waals surface area contributed by atoms with E-state index in [1.54, 1.807) is 0 Å². The summed E-state index contributed by atoms with van der Waals surface area (Å²) in [7, 11) is -4.05. The van der Waals surface area contributed by atoms with Gasteiger partial charge in [-0.2, -0.15) is 0 Å². The highest BCUT2D eigenvalue weighted by Crippen LogP contribution is 2.21. The van der Waals surface area contributed by atoms with Crippen LogP contribution in [0.2, 0.25) is 0 Å². The molecule has 1 fully saturated rings. The van der Waals surface area contributed by atoms with Gasteiger partial charge in [0.05, 0.1) is 4.90 Å². The van der Waals surface area contributed by atoms with Crippen LogP contribution in [0.15, 0.2) is 17.0 Å². The molecular formula is C12H15FN2O3S. The van der Waals surface area contributed by atoms with Gasteiger partial charge < -0.3 is 5.32 Å². The number of carbonyl (C=O) groups excluding carboxylic acids is 1. The van der Waals surface area contributed by atoms with Crippen molar-refractivity contribution in [3.63, 3.8) is 0 Å². The molecule has 19 heavy (non-hydrogen) atoms. The molecule has 0 radical (unpaired) electrons. The fourth-order valence-electron chi connectivity index (χ4n) is 1.90. The number of primary sulfonamides is 1. The van der Waals surface area contributed by atoms with E-state index in [9.17, 15) is 17.6 Å². The Labute approximate surface area is 111 Å². The lowest BCUT2D eigenvalue weighted by Crippen LogP contribution is -2.39. The van der Waals surface area contributed by atoms with Crippen LogP contribution in [0.25, 0.3) is 0 Å². The number of rotatable bonds is 3. The molecule has 0 aromatic heterocycles. The zero-order valence-electron chi connectivity index (χ0n) is 10.4. The molecular weight excluding hydrogens is 271 g/mol. The van der Waals surface area contributed by atoms with E-state index < -0.39 is 21.7 Å². The first-order valence-corrected chi connectivity index (χ1v) is 7.47. The molecule has 0 spiro atoms. The maximum atomic E-state index is 13.7. The van der Waals surface area contributed by atoms with Crippen molar-refractivity contribution in [1.82, 2.24) is 5.32 Å². The molecule has 1 aromatic rings. The number of carbonyl (C=O) groups is 1. The molecule has 1 aliphatic rings. The molecule has 1 aliphatic carbocycles. The Hall–Kier alpha value is -1.47. The van der Waals surface area contributed by atoms with Gasteiger partial charge in [-0.15, -0.1) is 0 Å². The molecule has 5 nitrogen and oxygen atoms in total.